The van der Waals surface area contributed by atoms with E-state index in [1.54, 1.807) is 7.11 Å². The maximum atomic E-state index is 5.88. The van der Waals surface area contributed by atoms with Gasteiger partial charge in [-0.05, 0) is 24.3 Å². The minimum atomic E-state index is -0.383. The molecule has 19 heavy (non-hydrogen) atoms. The van der Waals surface area contributed by atoms with Gasteiger partial charge in [-0.25, -0.2) is 0 Å². The van der Waals surface area contributed by atoms with Crippen LogP contribution in [-0.4, -0.2) is 17.3 Å². The van der Waals surface area contributed by atoms with Crippen molar-refractivity contribution in [2.24, 2.45) is 0 Å². The number of hydrogen-bond acceptors (Lipinski definition) is 6. The number of rotatable bonds is 3. The highest BCUT2D eigenvalue weighted by Crippen LogP contribution is 2.40. The van der Waals surface area contributed by atoms with Gasteiger partial charge in [-0.3, -0.25) is 0 Å². The Labute approximate surface area is 115 Å². The Morgan fingerprint density at radius 1 is 1.37 bits per heavy atom. The summed E-state index contributed by atoms with van der Waals surface area (Å²) in [5.74, 6) is 1.14. The lowest BCUT2D eigenvalue weighted by molar-refractivity contribution is -0.0527. The van der Waals surface area contributed by atoms with Gasteiger partial charge in [-0.15, -0.1) is 11.3 Å². The fourth-order valence-electron chi connectivity index (χ4n) is 2.64. The molecular weight excluding hydrogens is 262 g/mol. The molecule has 2 N–H and O–H groups in total. The van der Waals surface area contributed by atoms with E-state index in [1.165, 1.54) is 17.8 Å². The zero-order valence-electron chi connectivity index (χ0n) is 10.9. The van der Waals surface area contributed by atoms with E-state index in [0.29, 0.717) is 17.4 Å². The van der Waals surface area contributed by atoms with Gasteiger partial charge in [0.1, 0.15) is 10.5 Å². The Kier molecular flexibility index (Phi) is 3.28. The first-order chi connectivity index (χ1) is 9.25. The third kappa shape index (κ3) is 2.15. The van der Waals surface area contributed by atoms with Crippen LogP contribution >= 0.6 is 11.3 Å². The van der Waals surface area contributed by atoms with Crippen LogP contribution in [0, 0.1) is 0 Å². The summed E-state index contributed by atoms with van der Waals surface area (Å²) in [5, 5.41) is 6.04. The van der Waals surface area contributed by atoms with Crippen LogP contribution in [0.25, 0.3) is 10.8 Å². The molecule has 0 spiro atoms. The molecule has 0 amide bonds. The number of hydrogen-bond donors (Lipinski definition) is 1. The predicted molar refractivity (Wildman–Crippen MR) is 73.8 cm³/mol. The topological polar surface area (TPSA) is 74.2 Å². The van der Waals surface area contributed by atoms with E-state index < -0.39 is 0 Å². The molecule has 0 unspecified atom stereocenters. The average Bonchev–Trinajstić information content (AvgIpc) is 3.08. The Balaban J connectivity index is 1.94. The third-order valence-electron chi connectivity index (χ3n) is 3.78. The summed E-state index contributed by atoms with van der Waals surface area (Å²) in [6, 6.07) is 1.84. The summed E-state index contributed by atoms with van der Waals surface area (Å²) in [6.07, 6.45) is 5.41. The molecule has 2 heterocycles. The molecule has 5 nitrogen and oxygen atoms in total. The number of nitrogens with zero attached hydrogens (tertiary/aromatic N) is 2. The summed E-state index contributed by atoms with van der Waals surface area (Å²) in [4.78, 5) is 5.34. The minimum Gasteiger partial charge on any atom is -0.397 e. The summed E-state index contributed by atoms with van der Waals surface area (Å²) in [6.45, 7) is 0. The number of methoxy groups -OCH3 is 1. The number of nitrogens with two attached hydrogens (primary N) is 1. The molecule has 0 radical (unpaired) electrons. The second kappa shape index (κ2) is 4.94. The molecule has 3 rings (SSSR count). The maximum Gasteiger partial charge on any atom is 0.270 e. The molecule has 0 aromatic carbocycles. The second-order valence-corrected chi connectivity index (χ2v) is 5.80. The lowest BCUT2D eigenvalue weighted by atomic mass is 9.84. The fraction of sp³-hybridized carbons (Fsp3) is 0.538. The van der Waals surface area contributed by atoms with Crippen LogP contribution in [0.1, 0.15) is 37.9 Å². The van der Waals surface area contributed by atoms with E-state index in [-0.39, 0.29) is 5.60 Å². The molecule has 1 saturated carbocycles. The minimum absolute atomic E-state index is 0.383. The van der Waals surface area contributed by atoms with E-state index in [9.17, 15) is 0 Å². The van der Waals surface area contributed by atoms with Gasteiger partial charge in [0, 0.05) is 7.11 Å². The quantitative estimate of drug-likeness (QED) is 0.934. The molecule has 0 bridgehead atoms. The van der Waals surface area contributed by atoms with Crippen molar-refractivity contribution in [3.8, 4) is 10.8 Å². The summed E-state index contributed by atoms with van der Waals surface area (Å²) in [5.41, 5.74) is 6.17. The normalized spacial score (nSPS) is 18.6. The number of anilines is 1. The van der Waals surface area contributed by atoms with Crippen LogP contribution in [0.5, 0.6) is 0 Å². The lowest BCUT2D eigenvalue weighted by Gasteiger charge is -2.32. The van der Waals surface area contributed by atoms with Crippen molar-refractivity contribution in [3.05, 3.63) is 17.3 Å². The Morgan fingerprint density at radius 3 is 2.79 bits per heavy atom. The SMILES string of the molecule is COC1(c2noc(-c3sccc3N)n2)CCCCC1. The molecule has 1 fully saturated rings. The third-order valence-corrected chi connectivity index (χ3v) is 4.69. The highest BCUT2D eigenvalue weighted by molar-refractivity contribution is 7.14. The van der Waals surface area contributed by atoms with Gasteiger partial charge in [-0.2, -0.15) is 4.98 Å². The monoisotopic (exact) mass is 279 g/mol. The van der Waals surface area contributed by atoms with E-state index in [0.717, 1.165) is 30.6 Å². The van der Waals surface area contributed by atoms with Crippen molar-refractivity contribution >= 4 is 17.0 Å². The zero-order chi connectivity index (χ0) is 13.3. The molecular formula is C13H17N3O2S. The Hall–Kier alpha value is -1.40. The molecule has 0 aliphatic heterocycles. The molecule has 1 aliphatic carbocycles. The summed E-state index contributed by atoms with van der Waals surface area (Å²) < 4.78 is 11.1. The molecule has 0 atom stereocenters. The van der Waals surface area contributed by atoms with Gasteiger partial charge in [0.05, 0.1) is 5.69 Å². The van der Waals surface area contributed by atoms with Crippen molar-refractivity contribution in [3.63, 3.8) is 0 Å². The number of thiophene rings is 1. The van der Waals surface area contributed by atoms with Crippen LogP contribution in [-0.2, 0) is 10.3 Å². The number of nitrogen functional groups attached to an aromatic ring is 1. The zero-order valence-corrected chi connectivity index (χ0v) is 11.7. The van der Waals surface area contributed by atoms with Crippen LogP contribution in [0.2, 0.25) is 0 Å². The fourth-order valence-corrected chi connectivity index (χ4v) is 3.37. The van der Waals surface area contributed by atoms with Gasteiger partial charge < -0.3 is 15.0 Å². The van der Waals surface area contributed by atoms with Crippen molar-refractivity contribution in [1.29, 1.82) is 0 Å². The number of aromatic nitrogens is 2. The van der Waals surface area contributed by atoms with Crippen LogP contribution in [0.3, 0.4) is 0 Å². The number of ether oxygens (including phenoxy) is 1. The molecule has 0 saturated heterocycles. The molecule has 6 heteroatoms. The van der Waals surface area contributed by atoms with E-state index >= 15 is 0 Å². The van der Waals surface area contributed by atoms with Gasteiger partial charge in [0.15, 0.2) is 0 Å². The highest BCUT2D eigenvalue weighted by atomic mass is 32.1. The lowest BCUT2D eigenvalue weighted by Crippen LogP contribution is -2.32. The van der Waals surface area contributed by atoms with Gasteiger partial charge in [0.2, 0.25) is 5.82 Å². The largest absolute Gasteiger partial charge is 0.397 e. The smallest absolute Gasteiger partial charge is 0.270 e. The standard InChI is InChI=1S/C13H17N3O2S/c1-17-13(6-3-2-4-7-13)12-15-11(18-16-12)10-9(14)5-8-19-10/h5,8H,2-4,6-7,14H2,1H3. The van der Waals surface area contributed by atoms with Crippen molar-refractivity contribution in [2.45, 2.75) is 37.7 Å². The van der Waals surface area contributed by atoms with E-state index in [2.05, 4.69) is 10.1 Å². The average molecular weight is 279 g/mol. The Morgan fingerprint density at radius 2 is 2.16 bits per heavy atom. The molecule has 2 aromatic heterocycles. The first-order valence-corrected chi connectivity index (χ1v) is 7.36. The van der Waals surface area contributed by atoms with Crippen molar-refractivity contribution in [1.82, 2.24) is 10.1 Å². The van der Waals surface area contributed by atoms with Crippen LogP contribution < -0.4 is 5.73 Å². The van der Waals surface area contributed by atoms with Crippen molar-refractivity contribution in [2.75, 3.05) is 12.8 Å². The van der Waals surface area contributed by atoms with Crippen LogP contribution in [0.4, 0.5) is 5.69 Å². The molecule has 1 aliphatic rings. The van der Waals surface area contributed by atoms with Gasteiger partial charge >= 0.3 is 0 Å². The van der Waals surface area contributed by atoms with Gasteiger partial charge in [0.25, 0.3) is 5.89 Å². The van der Waals surface area contributed by atoms with E-state index in [1.807, 2.05) is 11.4 Å². The Bertz CT molecular complexity index is 558. The highest BCUT2D eigenvalue weighted by Gasteiger charge is 2.38. The van der Waals surface area contributed by atoms with Crippen molar-refractivity contribution < 1.29 is 9.26 Å². The summed E-state index contributed by atoms with van der Waals surface area (Å²) in [7, 11) is 1.72. The predicted octanol–water partition coefficient (Wildman–Crippen LogP) is 3.19. The molecule has 102 valence electrons. The second-order valence-electron chi connectivity index (χ2n) is 4.89. The van der Waals surface area contributed by atoms with E-state index in [4.69, 9.17) is 15.0 Å². The first-order valence-electron chi connectivity index (χ1n) is 6.48. The molecule has 2 aromatic rings. The van der Waals surface area contributed by atoms with Gasteiger partial charge in [-0.1, -0.05) is 24.4 Å². The van der Waals surface area contributed by atoms with Crippen LogP contribution in [0.15, 0.2) is 16.0 Å². The summed E-state index contributed by atoms with van der Waals surface area (Å²) >= 11 is 1.51. The first kappa shape index (κ1) is 12.6. The maximum absolute atomic E-state index is 5.88.